The standard InChI is InChI=1S/C12H21NO4S/c1-18(16,17)10-5-2-4-9(8-10)13-7-3-6-11(13)12(14)15/h9-11H,2-8H2,1H3,(H,14,15). The normalized spacial score (nSPS) is 34.6. The van der Waals surface area contributed by atoms with Crippen LogP contribution in [0, 0.1) is 0 Å². The SMILES string of the molecule is CS(=O)(=O)C1CCCC(N2CCCC2C(=O)O)C1. The molecule has 5 nitrogen and oxygen atoms in total. The highest BCUT2D eigenvalue weighted by Gasteiger charge is 2.39. The summed E-state index contributed by atoms with van der Waals surface area (Å²) in [6.45, 7) is 0.790. The van der Waals surface area contributed by atoms with Gasteiger partial charge in [-0.3, -0.25) is 9.69 Å². The second kappa shape index (κ2) is 5.17. The minimum absolute atomic E-state index is 0.127. The summed E-state index contributed by atoms with van der Waals surface area (Å²) in [7, 11) is -3.00. The van der Waals surface area contributed by atoms with E-state index in [1.54, 1.807) is 0 Å². The Morgan fingerprint density at radius 3 is 2.56 bits per heavy atom. The number of carbonyl (C=O) groups is 1. The Labute approximate surface area is 108 Å². The lowest BCUT2D eigenvalue weighted by Crippen LogP contribution is -2.47. The predicted molar refractivity (Wildman–Crippen MR) is 68.3 cm³/mol. The number of aliphatic carboxylic acids is 1. The zero-order valence-electron chi connectivity index (χ0n) is 10.7. The maximum Gasteiger partial charge on any atom is 0.320 e. The van der Waals surface area contributed by atoms with Gasteiger partial charge in [-0.1, -0.05) is 6.42 Å². The molecule has 3 unspecified atom stereocenters. The Balaban J connectivity index is 2.07. The first kappa shape index (κ1) is 13.8. The molecule has 0 aromatic carbocycles. The number of hydrogen-bond acceptors (Lipinski definition) is 4. The van der Waals surface area contributed by atoms with E-state index in [1.165, 1.54) is 6.26 Å². The van der Waals surface area contributed by atoms with Crippen LogP contribution >= 0.6 is 0 Å². The lowest BCUT2D eigenvalue weighted by molar-refractivity contribution is -0.143. The molecule has 6 heteroatoms. The Morgan fingerprint density at radius 1 is 1.22 bits per heavy atom. The van der Waals surface area contributed by atoms with E-state index in [0.29, 0.717) is 12.8 Å². The monoisotopic (exact) mass is 275 g/mol. The van der Waals surface area contributed by atoms with Gasteiger partial charge in [0.2, 0.25) is 0 Å². The average Bonchev–Trinajstić information content (AvgIpc) is 2.77. The molecule has 1 N–H and O–H groups in total. The third-order valence-electron chi connectivity index (χ3n) is 4.25. The average molecular weight is 275 g/mol. The van der Waals surface area contributed by atoms with Crippen molar-refractivity contribution in [2.24, 2.45) is 0 Å². The van der Waals surface area contributed by atoms with Crippen LogP contribution in [0.15, 0.2) is 0 Å². The minimum Gasteiger partial charge on any atom is -0.480 e. The van der Waals surface area contributed by atoms with Crippen molar-refractivity contribution in [1.29, 1.82) is 0 Å². The third kappa shape index (κ3) is 2.85. The Kier molecular flexibility index (Phi) is 3.96. The van der Waals surface area contributed by atoms with E-state index >= 15 is 0 Å². The number of sulfone groups is 1. The highest BCUT2D eigenvalue weighted by atomic mass is 32.2. The summed E-state index contributed by atoms with van der Waals surface area (Å²) in [4.78, 5) is 13.2. The molecule has 2 fully saturated rings. The molecule has 1 saturated heterocycles. The molecule has 104 valence electrons. The topological polar surface area (TPSA) is 74.7 Å². The number of carboxylic acid groups (broad SMARTS) is 1. The van der Waals surface area contributed by atoms with E-state index in [-0.39, 0.29) is 11.3 Å². The Hall–Kier alpha value is -0.620. The van der Waals surface area contributed by atoms with Gasteiger partial charge in [-0.25, -0.2) is 8.42 Å². The second-order valence-electron chi connectivity index (χ2n) is 5.51. The quantitative estimate of drug-likeness (QED) is 0.828. The van der Waals surface area contributed by atoms with Crippen molar-refractivity contribution in [3.05, 3.63) is 0 Å². The van der Waals surface area contributed by atoms with Crippen molar-refractivity contribution in [1.82, 2.24) is 4.90 Å². The van der Waals surface area contributed by atoms with Crippen molar-refractivity contribution in [2.75, 3.05) is 12.8 Å². The van der Waals surface area contributed by atoms with Gasteiger partial charge >= 0.3 is 5.97 Å². The summed E-state index contributed by atoms with van der Waals surface area (Å²) in [6.07, 6.45) is 6.01. The zero-order chi connectivity index (χ0) is 13.3. The number of nitrogens with zero attached hydrogens (tertiary/aromatic N) is 1. The molecule has 1 saturated carbocycles. The highest BCUT2D eigenvalue weighted by molar-refractivity contribution is 7.91. The first-order valence-electron chi connectivity index (χ1n) is 6.57. The van der Waals surface area contributed by atoms with Crippen LogP contribution < -0.4 is 0 Å². The highest BCUT2D eigenvalue weighted by Crippen LogP contribution is 2.31. The fraction of sp³-hybridized carbons (Fsp3) is 0.917. The molecular weight excluding hydrogens is 254 g/mol. The molecule has 0 spiro atoms. The van der Waals surface area contributed by atoms with Crippen LogP contribution in [0.5, 0.6) is 0 Å². The van der Waals surface area contributed by atoms with Gasteiger partial charge in [0.1, 0.15) is 15.9 Å². The fourth-order valence-electron chi connectivity index (χ4n) is 3.30. The summed E-state index contributed by atoms with van der Waals surface area (Å²) in [6, 6.07) is -0.282. The van der Waals surface area contributed by atoms with Gasteiger partial charge < -0.3 is 5.11 Å². The molecule has 0 radical (unpaired) electrons. The molecule has 2 aliphatic rings. The van der Waals surface area contributed by atoms with E-state index in [9.17, 15) is 18.3 Å². The number of hydrogen-bond donors (Lipinski definition) is 1. The van der Waals surface area contributed by atoms with Crippen LogP contribution in [0.25, 0.3) is 0 Å². The van der Waals surface area contributed by atoms with Crippen LogP contribution in [0.2, 0.25) is 0 Å². The summed E-state index contributed by atoms with van der Waals surface area (Å²) in [5, 5.41) is 8.89. The number of likely N-dealkylation sites (tertiary alicyclic amines) is 1. The molecule has 0 aromatic rings. The van der Waals surface area contributed by atoms with Crippen LogP contribution in [0.4, 0.5) is 0 Å². The lowest BCUT2D eigenvalue weighted by atomic mass is 9.93. The second-order valence-corrected chi connectivity index (χ2v) is 7.83. The maximum absolute atomic E-state index is 11.6. The van der Waals surface area contributed by atoms with Crippen molar-refractivity contribution in [3.63, 3.8) is 0 Å². The van der Waals surface area contributed by atoms with Crippen LogP contribution in [-0.4, -0.2) is 54.5 Å². The van der Waals surface area contributed by atoms with Gasteiger partial charge in [-0.2, -0.15) is 0 Å². The van der Waals surface area contributed by atoms with Gasteiger partial charge in [0.05, 0.1) is 5.25 Å². The summed E-state index contributed by atoms with van der Waals surface area (Å²) in [5.74, 6) is -0.769. The van der Waals surface area contributed by atoms with Gasteiger partial charge in [0.25, 0.3) is 0 Å². The molecule has 2 rings (SSSR count). The van der Waals surface area contributed by atoms with Crippen molar-refractivity contribution in [3.8, 4) is 0 Å². The number of rotatable bonds is 3. The van der Waals surface area contributed by atoms with E-state index in [2.05, 4.69) is 0 Å². The smallest absolute Gasteiger partial charge is 0.320 e. The van der Waals surface area contributed by atoms with Crippen molar-refractivity contribution in [2.45, 2.75) is 55.9 Å². The van der Waals surface area contributed by atoms with Gasteiger partial charge in [-0.15, -0.1) is 0 Å². The third-order valence-corrected chi connectivity index (χ3v) is 5.89. The van der Waals surface area contributed by atoms with E-state index < -0.39 is 21.8 Å². The largest absolute Gasteiger partial charge is 0.480 e. The molecule has 1 aliphatic heterocycles. The first-order chi connectivity index (χ1) is 8.39. The van der Waals surface area contributed by atoms with Crippen molar-refractivity contribution < 1.29 is 18.3 Å². The molecule has 0 aromatic heterocycles. The molecule has 1 heterocycles. The minimum atomic E-state index is -3.00. The Bertz CT molecular complexity index is 420. The zero-order valence-corrected chi connectivity index (χ0v) is 11.5. The van der Waals surface area contributed by atoms with Gasteiger partial charge in [0.15, 0.2) is 0 Å². The van der Waals surface area contributed by atoms with Crippen molar-refractivity contribution >= 4 is 15.8 Å². The molecule has 3 atom stereocenters. The molecular formula is C12H21NO4S. The van der Waals surface area contributed by atoms with Crippen LogP contribution in [0.1, 0.15) is 38.5 Å². The fourth-order valence-corrected chi connectivity index (χ4v) is 4.47. The molecule has 0 bridgehead atoms. The van der Waals surface area contributed by atoms with E-state index in [0.717, 1.165) is 32.2 Å². The lowest BCUT2D eigenvalue weighted by Gasteiger charge is -2.36. The molecule has 18 heavy (non-hydrogen) atoms. The van der Waals surface area contributed by atoms with E-state index in [1.807, 2.05) is 4.90 Å². The van der Waals surface area contributed by atoms with Crippen LogP contribution in [-0.2, 0) is 14.6 Å². The maximum atomic E-state index is 11.6. The van der Waals surface area contributed by atoms with E-state index in [4.69, 9.17) is 0 Å². The molecule has 0 amide bonds. The van der Waals surface area contributed by atoms with Crippen LogP contribution in [0.3, 0.4) is 0 Å². The Morgan fingerprint density at radius 2 is 1.94 bits per heavy atom. The summed E-state index contributed by atoms with van der Waals surface area (Å²) in [5.41, 5.74) is 0. The predicted octanol–water partition coefficient (Wildman–Crippen LogP) is 0.891. The van der Waals surface area contributed by atoms with Gasteiger partial charge in [-0.05, 0) is 38.6 Å². The summed E-state index contributed by atoms with van der Waals surface area (Å²) >= 11 is 0. The summed E-state index contributed by atoms with van der Waals surface area (Å²) < 4.78 is 23.3. The first-order valence-corrected chi connectivity index (χ1v) is 8.52. The van der Waals surface area contributed by atoms with Gasteiger partial charge in [0, 0.05) is 12.3 Å². The number of carboxylic acids is 1. The molecule has 1 aliphatic carbocycles.